The minimum atomic E-state index is 0.683. The number of rotatable bonds is 4. The summed E-state index contributed by atoms with van der Waals surface area (Å²) in [6, 6.07) is 33.5. The number of imidazole rings is 1. The first-order chi connectivity index (χ1) is 16.7. The van der Waals surface area contributed by atoms with Gasteiger partial charge in [-0.1, -0.05) is 114 Å². The highest BCUT2D eigenvalue weighted by molar-refractivity contribution is 7.98. The zero-order valence-electron chi connectivity index (χ0n) is 18.9. The summed E-state index contributed by atoms with van der Waals surface area (Å²) in [6.45, 7) is 2.09. The van der Waals surface area contributed by atoms with E-state index in [2.05, 4.69) is 85.8 Å². The molecule has 34 heavy (non-hydrogen) atoms. The fourth-order valence-corrected chi connectivity index (χ4v) is 4.83. The van der Waals surface area contributed by atoms with Crippen LogP contribution < -0.4 is 0 Å². The monoisotopic (exact) mass is 458 g/mol. The Morgan fingerprint density at radius 3 is 2.21 bits per heavy atom. The van der Waals surface area contributed by atoms with E-state index in [0.29, 0.717) is 5.82 Å². The molecule has 0 unspecified atom stereocenters. The maximum Gasteiger partial charge on any atom is 0.189 e. The highest BCUT2D eigenvalue weighted by atomic mass is 32.2. The van der Waals surface area contributed by atoms with Gasteiger partial charge in [0, 0.05) is 16.7 Å². The lowest BCUT2D eigenvalue weighted by atomic mass is 10.00. The molecule has 2 aromatic heterocycles. The fraction of sp³-hybridized carbons (Fsp3) is 0.0690. The van der Waals surface area contributed by atoms with Crippen molar-refractivity contribution in [3.05, 3.63) is 103 Å². The van der Waals surface area contributed by atoms with Gasteiger partial charge in [-0.15, -0.1) is 5.10 Å². The van der Waals surface area contributed by atoms with Gasteiger partial charge in [-0.05, 0) is 24.0 Å². The standard InChI is InChI=1S/C29H22N4S/c1-19-15-17-22(18-16-19)28-30-26(24-14-8-12-20-9-6-7-13-23(20)24)27-25(21-10-4-3-5-11-21)31-29(34-2)33(27)32-28/h3-18H,1-2H3. The second kappa shape index (κ2) is 8.43. The van der Waals surface area contributed by atoms with E-state index in [1.807, 2.05) is 29.0 Å². The van der Waals surface area contributed by atoms with Crippen LogP contribution in [0.2, 0.25) is 0 Å². The number of hydrogen-bond donors (Lipinski definition) is 0. The quantitative estimate of drug-likeness (QED) is 0.260. The van der Waals surface area contributed by atoms with Gasteiger partial charge in [-0.3, -0.25) is 0 Å². The Hall–Kier alpha value is -3.96. The van der Waals surface area contributed by atoms with E-state index in [0.717, 1.165) is 44.1 Å². The molecule has 0 amide bonds. The summed E-state index contributed by atoms with van der Waals surface area (Å²) in [7, 11) is 0. The van der Waals surface area contributed by atoms with E-state index in [4.69, 9.17) is 15.1 Å². The number of aryl methyl sites for hydroxylation is 1. The van der Waals surface area contributed by atoms with Crippen molar-refractivity contribution >= 4 is 28.1 Å². The molecule has 0 bridgehead atoms. The number of fused-ring (bicyclic) bond motifs is 2. The van der Waals surface area contributed by atoms with Crippen LogP contribution in [0.25, 0.3) is 50.2 Å². The van der Waals surface area contributed by atoms with Gasteiger partial charge in [0.2, 0.25) is 0 Å². The Bertz CT molecular complexity index is 1630. The molecule has 0 radical (unpaired) electrons. The summed E-state index contributed by atoms with van der Waals surface area (Å²) in [5.41, 5.74) is 7.01. The van der Waals surface area contributed by atoms with E-state index in [1.165, 1.54) is 10.9 Å². The second-order valence-corrected chi connectivity index (χ2v) is 9.02. The number of thioether (sulfide) groups is 1. The molecule has 5 heteroatoms. The first-order valence-electron chi connectivity index (χ1n) is 11.2. The lowest BCUT2D eigenvalue weighted by molar-refractivity contribution is 0.807. The number of hydrogen-bond acceptors (Lipinski definition) is 4. The van der Waals surface area contributed by atoms with Crippen molar-refractivity contribution in [1.29, 1.82) is 0 Å². The lowest BCUT2D eigenvalue weighted by Crippen LogP contribution is -2.03. The molecule has 0 aliphatic heterocycles. The normalized spacial score (nSPS) is 11.4. The molecule has 0 fully saturated rings. The Morgan fingerprint density at radius 1 is 0.676 bits per heavy atom. The summed E-state index contributed by atoms with van der Waals surface area (Å²) in [6.07, 6.45) is 2.04. The largest absolute Gasteiger partial charge is 0.224 e. The third-order valence-electron chi connectivity index (χ3n) is 6.05. The molecule has 0 aliphatic rings. The molecular formula is C29H22N4S. The van der Waals surface area contributed by atoms with Crippen LogP contribution >= 0.6 is 11.8 Å². The zero-order valence-corrected chi connectivity index (χ0v) is 19.8. The van der Waals surface area contributed by atoms with Crippen molar-refractivity contribution in [3.8, 4) is 33.9 Å². The summed E-state index contributed by atoms with van der Waals surface area (Å²) >= 11 is 1.59. The van der Waals surface area contributed by atoms with E-state index in [9.17, 15) is 0 Å². The maximum atomic E-state index is 5.17. The molecule has 4 nitrogen and oxygen atoms in total. The zero-order chi connectivity index (χ0) is 23.1. The van der Waals surface area contributed by atoms with Crippen molar-refractivity contribution in [2.75, 3.05) is 6.26 Å². The predicted molar refractivity (Wildman–Crippen MR) is 141 cm³/mol. The molecule has 6 aromatic rings. The van der Waals surface area contributed by atoms with Crippen LogP contribution in [0, 0.1) is 6.92 Å². The summed E-state index contributed by atoms with van der Waals surface area (Å²) < 4.78 is 1.96. The minimum Gasteiger partial charge on any atom is -0.224 e. The van der Waals surface area contributed by atoms with Crippen LogP contribution in [-0.2, 0) is 0 Å². The van der Waals surface area contributed by atoms with Crippen LogP contribution in [0.4, 0.5) is 0 Å². The van der Waals surface area contributed by atoms with Crippen molar-refractivity contribution in [2.45, 2.75) is 12.1 Å². The second-order valence-electron chi connectivity index (χ2n) is 8.25. The van der Waals surface area contributed by atoms with Crippen LogP contribution in [-0.4, -0.2) is 25.8 Å². The molecule has 0 spiro atoms. The third-order valence-corrected chi connectivity index (χ3v) is 6.68. The van der Waals surface area contributed by atoms with Crippen LogP contribution in [0.5, 0.6) is 0 Å². The van der Waals surface area contributed by atoms with E-state index in [-0.39, 0.29) is 0 Å². The summed E-state index contributed by atoms with van der Waals surface area (Å²) in [4.78, 5) is 10.2. The number of aromatic nitrogens is 4. The highest BCUT2D eigenvalue weighted by Gasteiger charge is 2.22. The van der Waals surface area contributed by atoms with Crippen LogP contribution in [0.3, 0.4) is 0 Å². The molecule has 0 N–H and O–H groups in total. The Morgan fingerprint density at radius 2 is 1.41 bits per heavy atom. The predicted octanol–water partition coefficient (Wildman–Crippen LogP) is 7.31. The highest BCUT2D eigenvalue weighted by Crippen LogP contribution is 2.37. The average Bonchev–Trinajstić information content (AvgIpc) is 3.27. The SMILES string of the molecule is CSc1nc(-c2ccccc2)c2c(-c3cccc4ccccc34)nc(-c3ccc(C)cc3)nn12. The van der Waals surface area contributed by atoms with Gasteiger partial charge >= 0.3 is 0 Å². The Kier molecular flexibility index (Phi) is 5.12. The van der Waals surface area contributed by atoms with E-state index in [1.54, 1.807) is 11.8 Å². The van der Waals surface area contributed by atoms with E-state index < -0.39 is 0 Å². The lowest BCUT2D eigenvalue weighted by Gasteiger charge is -2.12. The first kappa shape index (κ1) is 20.6. The van der Waals surface area contributed by atoms with Crippen molar-refractivity contribution in [1.82, 2.24) is 19.6 Å². The number of benzene rings is 4. The maximum absolute atomic E-state index is 5.17. The summed E-state index contributed by atoms with van der Waals surface area (Å²) in [5.74, 6) is 0.683. The molecule has 0 saturated carbocycles. The van der Waals surface area contributed by atoms with Gasteiger partial charge in [0.05, 0.1) is 0 Å². The van der Waals surface area contributed by atoms with Crippen molar-refractivity contribution < 1.29 is 0 Å². The Balaban J connectivity index is 1.75. The molecule has 6 rings (SSSR count). The summed E-state index contributed by atoms with van der Waals surface area (Å²) in [5, 5.41) is 8.16. The Labute approximate surface area is 202 Å². The molecule has 4 aromatic carbocycles. The van der Waals surface area contributed by atoms with Gasteiger partial charge in [0.15, 0.2) is 11.0 Å². The fourth-order valence-electron chi connectivity index (χ4n) is 4.35. The average molecular weight is 459 g/mol. The minimum absolute atomic E-state index is 0.683. The molecule has 0 atom stereocenters. The van der Waals surface area contributed by atoms with Gasteiger partial charge in [0.1, 0.15) is 16.9 Å². The van der Waals surface area contributed by atoms with Gasteiger partial charge in [-0.25, -0.2) is 14.5 Å². The first-order valence-corrected chi connectivity index (χ1v) is 12.4. The van der Waals surface area contributed by atoms with Gasteiger partial charge < -0.3 is 0 Å². The van der Waals surface area contributed by atoms with Crippen LogP contribution in [0.15, 0.2) is 102 Å². The van der Waals surface area contributed by atoms with Gasteiger partial charge in [0.25, 0.3) is 0 Å². The molecule has 0 saturated heterocycles. The molecule has 2 heterocycles. The van der Waals surface area contributed by atoms with Gasteiger partial charge in [-0.2, -0.15) is 0 Å². The molecule has 164 valence electrons. The number of nitrogens with zero attached hydrogens (tertiary/aromatic N) is 4. The topological polar surface area (TPSA) is 43.1 Å². The van der Waals surface area contributed by atoms with E-state index >= 15 is 0 Å². The van der Waals surface area contributed by atoms with Crippen LogP contribution in [0.1, 0.15) is 5.56 Å². The molecular weight excluding hydrogens is 436 g/mol. The van der Waals surface area contributed by atoms with Crippen molar-refractivity contribution in [3.63, 3.8) is 0 Å². The third kappa shape index (κ3) is 3.45. The molecule has 0 aliphatic carbocycles. The van der Waals surface area contributed by atoms with Crippen molar-refractivity contribution in [2.24, 2.45) is 0 Å². The smallest absolute Gasteiger partial charge is 0.189 e.